The minimum absolute atomic E-state index is 0.153. The van der Waals surface area contributed by atoms with Crippen molar-refractivity contribution < 1.29 is 14.3 Å². The van der Waals surface area contributed by atoms with E-state index < -0.39 is 5.97 Å². The van der Waals surface area contributed by atoms with Crippen LogP contribution >= 0.6 is 0 Å². The van der Waals surface area contributed by atoms with Crippen molar-refractivity contribution in [3.05, 3.63) is 30.1 Å². The Hall–Kier alpha value is -1.62. The molecule has 1 saturated heterocycles. The van der Waals surface area contributed by atoms with Crippen molar-refractivity contribution >= 4 is 11.7 Å². The molecule has 1 fully saturated rings. The van der Waals surface area contributed by atoms with Crippen LogP contribution in [0.4, 0.5) is 10.1 Å². The second-order valence-corrected chi connectivity index (χ2v) is 5.48. The van der Waals surface area contributed by atoms with E-state index in [1.54, 1.807) is 6.07 Å². The van der Waals surface area contributed by atoms with Gasteiger partial charge in [0.15, 0.2) is 0 Å². The summed E-state index contributed by atoms with van der Waals surface area (Å²) in [6, 6.07) is 6.92. The molecule has 0 saturated carbocycles. The molecule has 5 heteroatoms. The fourth-order valence-corrected chi connectivity index (χ4v) is 2.71. The molecule has 1 aromatic rings. The van der Waals surface area contributed by atoms with E-state index in [1.807, 2.05) is 12.1 Å². The molecule has 0 aromatic heterocycles. The van der Waals surface area contributed by atoms with Gasteiger partial charge in [0.1, 0.15) is 5.82 Å². The number of halogens is 1. The number of unbranched alkanes of at least 4 members (excludes halogenated alkanes) is 2. The van der Waals surface area contributed by atoms with Gasteiger partial charge in [0, 0.05) is 32.6 Å². The molecule has 1 aromatic carbocycles. The Morgan fingerprint density at radius 2 is 1.81 bits per heavy atom. The van der Waals surface area contributed by atoms with E-state index in [4.69, 9.17) is 5.11 Å². The van der Waals surface area contributed by atoms with Crippen LogP contribution in [-0.2, 0) is 4.79 Å². The van der Waals surface area contributed by atoms with E-state index in [9.17, 15) is 9.18 Å². The molecule has 1 N–H and O–H groups in total. The number of hydrogen-bond acceptors (Lipinski definition) is 3. The first-order valence-corrected chi connectivity index (χ1v) is 7.60. The standard InChI is InChI=1S/C16H23FN2O2/c17-14-6-3-4-7-15(14)19-12-10-18(11-13-19)9-5-1-2-8-16(20)21/h3-4,6-7H,1-2,5,8-13H2,(H,20,21). The number of carboxylic acids is 1. The summed E-state index contributed by atoms with van der Waals surface area (Å²) >= 11 is 0. The lowest BCUT2D eigenvalue weighted by Crippen LogP contribution is -2.46. The van der Waals surface area contributed by atoms with Gasteiger partial charge in [0.05, 0.1) is 5.69 Å². The number of carbonyl (C=O) groups is 1. The molecule has 0 radical (unpaired) electrons. The summed E-state index contributed by atoms with van der Waals surface area (Å²) < 4.78 is 13.7. The third kappa shape index (κ3) is 5.01. The minimum Gasteiger partial charge on any atom is -0.481 e. The Bertz CT molecular complexity index is 459. The largest absolute Gasteiger partial charge is 0.481 e. The van der Waals surface area contributed by atoms with Crippen LogP contribution in [0.1, 0.15) is 25.7 Å². The van der Waals surface area contributed by atoms with E-state index in [-0.39, 0.29) is 12.2 Å². The molecule has 0 bridgehead atoms. The number of carboxylic acid groups (broad SMARTS) is 1. The topological polar surface area (TPSA) is 43.8 Å². The van der Waals surface area contributed by atoms with Crippen LogP contribution in [0.5, 0.6) is 0 Å². The lowest BCUT2D eigenvalue weighted by molar-refractivity contribution is -0.137. The fraction of sp³-hybridized carbons (Fsp3) is 0.562. The van der Waals surface area contributed by atoms with Gasteiger partial charge in [-0.3, -0.25) is 9.69 Å². The third-order valence-corrected chi connectivity index (χ3v) is 3.93. The Labute approximate surface area is 125 Å². The number of aliphatic carboxylic acids is 1. The summed E-state index contributed by atoms with van der Waals surface area (Å²) in [6.07, 6.45) is 3.01. The van der Waals surface area contributed by atoms with Gasteiger partial charge in [-0.05, 0) is 31.5 Å². The highest BCUT2D eigenvalue weighted by Crippen LogP contribution is 2.20. The molecule has 4 nitrogen and oxygen atoms in total. The molecule has 0 amide bonds. The number of piperazine rings is 1. The highest BCUT2D eigenvalue weighted by molar-refractivity contribution is 5.66. The Balaban J connectivity index is 1.67. The first-order valence-electron chi connectivity index (χ1n) is 7.60. The van der Waals surface area contributed by atoms with Gasteiger partial charge in [-0.15, -0.1) is 0 Å². The average molecular weight is 294 g/mol. The van der Waals surface area contributed by atoms with Crippen LogP contribution in [0.15, 0.2) is 24.3 Å². The number of nitrogens with zero attached hydrogens (tertiary/aromatic N) is 2. The maximum atomic E-state index is 13.7. The van der Waals surface area contributed by atoms with Crippen LogP contribution in [0.25, 0.3) is 0 Å². The van der Waals surface area contributed by atoms with Crippen LogP contribution in [0.3, 0.4) is 0 Å². The summed E-state index contributed by atoms with van der Waals surface area (Å²) in [5.41, 5.74) is 0.693. The second-order valence-electron chi connectivity index (χ2n) is 5.48. The smallest absolute Gasteiger partial charge is 0.303 e. The molecule has 1 aliphatic heterocycles. The molecular weight excluding hydrogens is 271 g/mol. The van der Waals surface area contributed by atoms with Gasteiger partial charge in [-0.2, -0.15) is 0 Å². The number of benzene rings is 1. The first kappa shape index (κ1) is 15.8. The molecule has 0 unspecified atom stereocenters. The van der Waals surface area contributed by atoms with Crippen molar-refractivity contribution in [3.63, 3.8) is 0 Å². The third-order valence-electron chi connectivity index (χ3n) is 3.93. The quantitative estimate of drug-likeness (QED) is 0.785. The molecular formula is C16H23FN2O2. The van der Waals surface area contributed by atoms with Gasteiger partial charge in [-0.25, -0.2) is 4.39 Å². The number of rotatable bonds is 7. The van der Waals surface area contributed by atoms with Crippen molar-refractivity contribution in [1.29, 1.82) is 0 Å². The van der Waals surface area contributed by atoms with Crippen molar-refractivity contribution in [3.8, 4) is 0 Å². The summed E-state index contributed by atoms with van der Waals surface area (Å²) in [6.45, 7) is 4.57. The van der Waals surface area contributed by atoms with E-state index >= 15 is 0 Å². The first-order chi connectivity index (χ1) is 10.2. The average Bonchev–Trinajstić information content (AvgIpc) is 2.48. The van der Waals surface area contributed by atoms with Crippen molar-refractivity contribution in [2.24, 2.45) is 0 Å². The molecule has 1 heterocycles. The van der Waals surface area contributed by atoms with Crippen LogP contribution in [0, 0.1) is 5.82 Å². The highest BCUT2D eigenvalue weighted by atomic mass is 19.1. The van der Waals surface area contributed by atoms with Crippen LogP contribution < -0.4 is 4.90 Å². The van der Waals surface area contributed by atoms with E-state index in [2.05, 4.69) is 9.80 Å². The predicted octanol–water partition coefficient (Wildman–Crippen LogP) is 2.59. The van der Waals surface area contributed by atoms with E-state index in [0.29, 0.717) is 5.69 Å². The second kappa shape index (κ2) is 7.98. The molecule has 2 rings (SSSR count). The molecule has 0 atom stereocenters. The fourth-order valence-electron chi connectivity index (χ4n) is 2.71. The molecule has 0 aliphatic carbocycles. The summed E-state index contributed by atoms with van der Waals surface area (Å²) in [5, 5.41) is 8.57. The number of hydrogen-bond donors (Lipinski definition) is 1. The van der Waals surface area contributed by atoms with Crippen molar-refractivity contribution in [1.82, 2.24) is 4.90 Å². The Kier molecular flexibility index (Phi) is 5.99. The molecule has 116 valence electrons. The van der Waals surface area contributed by atoms with Crippen LogP contribution in [-0.4, -0.2) is 48.7 Å². The van der Waals surface area contributed by atoms with Crippen molar-refractivity contribution in [2.75, 3.05) is 37.6 Å². The summed E-state index contributed by atoms with van der Waals surface area (Å²) in [4.78, 5) is 14.9. The highest BCUT2D eigenvalue weighted by Gasteiger charge is 2.18. The van der Waals surface area contributed by atoms with Crippen molar-refractivity contribution in [2.45, 2.75) is 25.7 Å². The van der Waals surface area contributed by atoms with Crippen LogP contribution in [0.2, 0.25) is 0 Å². The predicted molar refractivity (Wildman–Crippen MR) is 81.2 cm³/mol. The molecule has 21 heavy (non-hydrogen) atoms. The Morgan fingerprint density at radius 1 is 1.10 bits per heavy atom. The maximum absolute atomic E-state index is 13.7. The normalized spacial score (nSPS) is 16.1. The summed E-state index contributed by atoms with van der Waals surface area (Å²) in [7, 11) is 0. The molecule has 0 spiro atoms. The minimum atomic E-state index is -0.714. The van der Waals surface area contributed by atoms with E-state index in [0.717, 1.165) is 52.0 Å². The SMILES string of the molecule is O=C(O)CCCCCN1CCN(c2ccccc2F)CC1. The number of anilines is 1. The van der Waals surface area contributed by atoms with Gasteiger partial charge in [0.2, 0.25) is 0 Å². The van der Waals surface area contributed by atoms with E-state index in [1.165, 1.54) is 6.07 Å². The van der Waals surface area contributed by atoms with Gasteiger partial charge in [0.25, 0.3) is 0 Å². The van der Waals surface area contributed by atoms with Gasteiger partial charge >= 0.3 is 5.97 Å². The van der Waals surface area contributed by atoms with Gasteiger partial charge in [-0.1, -0.05) is 18.6 Å². The van der Waals surface area contributed by atoms with Gasteiger partial charge < -0.3 is 10.0 Å². The summed E-state index contributed by atoms with van der Waals surface area (Å²) in [5.74, 6) is -0.867. The zero-order valence-electron chi connectivity index (χ0n) is 12.3. The maximum Gasteiger partial charge on any atom is 0.303 e. The monoisotopic (exact) mass is 294 g/mol. The zero-order chi connectivity index (χ0) is 15.1. The lowest BCUT2D eigenvalue weighted by Gasteiger charge is -2.36. The lowest BCUT2D eigenvalue weighted by atomic mass is 10.1. The zero-order valence-corrected chi connectivity index (χ0v) is 12.3. The Morgan fingerprint density at radius 3 is 2.48 bits per heavy atom. The number of para-hydroxylation sites is 1. The molecule has 1 aliphatic rings.